The van der Waals surface area contributed by atoms with Gasteiger partial charge in [-0.1, -0.05) is 59.1 Å². The minimum atomic E-state index is 0.189. The van der Waals surface area contributed by atoms with E-state index < -0.39 is 0 Å². The van der Waals surface area contributed by atoms with Crippen LogP contribution in [0, 0.1) is 11.3 Å². The molecular formula is C19H32IN. The number of unbranched alkanes of at least 4 members (excludes halogenated alkanes) is 3. The van der Waals surface area contributed by atoms with Crippen molar-refractivity contribution in [2.45, 2.75) is 66.2 Å². The van der Waals surface area contributed by atoms with Gasteiger partial charge in [0.25, 0.3) is 0 Å². The lowest BCUT2D eigenvalue weighted by molar-refractivity contribution is 0.323. The summed E-state index contributed by atoms with van der Waals surface area (Å²) >= 11 is 2.50. The molecule has 120 valence electrons. The first kappa shape index (κ1) is 18.8. The molecule has 0 aromatic heterocycles. The van der Waals surface area contributed by atoms with E-state index in [1.807, 2.05) is 0 Å². The number of hydrogen-bond acceptors (Lipinski definition) is 1. The average Bonchev–Trinajstić information content (AvgIpc) is 2.50. The molecule has 0 N–H and O–H groups in total. The molecule has 1 aliphatic rings. The van der Waals surface area contributed by atoms with Gasteiger partial charge in [0.15, 0.2) is 0 Å². The number of nitrogens with zero attached hydrogens (tertiary/aromatic N) is 1. The van der Waals surface area contributed by atoms with Crippen molar-refractivity contribution in [3.8, 4) is 0 Å². The molecule has 0 radical (unpaired) electrons. The second-order valence-corrected chi connectivity index (χ2v) is 7.86. The van der Waals surface area contributed by atoms with Gasteiger partial charge in [-0.2, -0.15) is 0 Å². The number of halogens is 1. The van der Waals surface area contributed by atoms with Gasteiger partial charge in [0.1, 0.15) is 0 Å². The van der Waals surface area contributed by atoms with E-state index in [-0.39, 0.29) is 5.41 Å². The highest BCUT2D eigenvalue weighted by atomic mass is 127. The lowest BCUT2D eigenvalue weighted by Gasteiger charge is -2.37. The van der Waals surface area contributed by atoms with Crippen LogP contribution in [0.25, 0.3) is 0 Å². The standard InChI is InChI=1S/C19H32IN/c1-6-8-9-12-15-21(20)18-14-11-10-13-17(18)19(4,5)16(3)7-2/h7,11,14,16H,2,6,8-10,12-13,15H2,1,3-5H3. The third kappa shape index (κ3) is 5.15. The zero-order chi connectivity index (χ0) is 15.9. The third-order valence-corrected chi connectivity index (χ3v) is 5.89. The van der Waals surface area contributed by atoms with Crippen LogP contribution in [0.5, 0.6) is 0 Å². The number of rotatable bonds is 9. The van der Waals surface area contributed by atoms with Crippen molar-refractivity contribution in [3.63, 3.8) is 0 Å². The summed E-state index contributed by atoms with van der Waals surface area (Å²) in [5, 5.41) is 0. The molecule has 1 rings (SSSR count). The minimum Gasteiger partial charge on any atom is -0.315 e. The first-order valence-corrected chi connectivity index (χ1v) is 9.37. The van der Waals surface area contributed by atoms with Crippen LogP contribution in [0.2, 0.25) is 0 Å². The highest BCUT2D eigenvalue weighted by Crippen LogP contribution is 2.42. The van der Waals surface area contributed by atoms with Crippen LogP contribution in [-0.4, -0.2) is 9.66 Å². The zero-order valence-electron chi connectivity index (χ0n) is 14.3. The lowest BCUT2D eigenvalue weighted by atomic mass is 9.70. The zero-order valence-corrected chi connectivity index (χ0v) is 16.4. The van der Waals surface area contributed by atoms with Gasteiger partial charge in [-0.05, 0) is 42.2 Å². The maximum absolute atomic E-state index is 4.01. The number of hydrogen-bond donors (Lipinski definition) is 0. The average molecular weight is 401 g/mol. The molecule has 0 heterocycles. The summed E-state index contributed by atoms with van der Waals surface area (Å²) in [6.07, 6.45) is 14.4. The van der Waals surface area contributed by atoms with E-state index in [2.05, 4.69) is 78.5 Å². The second-order valence-electron chi connectivity index (χ2n) is 6.70. The molecule has 0 aromatic carbocycles. The maximum atomic E-state index is 4.01. The molecule has 1 nitrogen and oxygen atoms in total. The van der Waals surface area contributed by atoms with Gasteiger partial charge in [0.05, 0.1) is 22.9 Å². The van der Waals surface area contributed by atoms with Crippen molar-refractivity contribution >= 4 is 22.9 Å². The van der Waals surface area contributed by atoms with Crippen molar-refractivity contribution < 1.29 is 0 Å². The summed E-state index contributed by atoms with van der Waals surface area (Å²) in [6, 6.07) is 0. The summed E-state index contributed by atoms with van der Waals surface area (Å²) in [5.74, 6) is 0.499. The monoisotopic (exact) mass is 401 g/mol. The fourth-order valence-electron chi connectivity index (χ4n) is 2.90. The Hall–Kier alpha value is -0.250. The van der Waals surface area contributed by atoms with Crippen LogP contribution in [0.4, 0.5) is 0 Å². The van der Waals surface area contributed by atoms with Gasteiger partial charge in [-0.3, -0.25) is 0 Å². The van der Waals surface area contributed by atoms with Gasteiger partial charge in [0, 0.05) is 12.2 Å². The van der Waals surface area contributed by atoms with Crippen molar-refractivity contribution in [2.24, 2.45) is 11.3 Å². The Morgan fingerprint density at radius 3 is 2.71 bits per heavy atom. The van der Waals surface area contributed by atoms with Gasteiger partial charge in [-0.25, -0.2) is 0 Å². The van der Waals surface area contributed by atoms with E-state index in [0.29, 0.717) is 5.92 Å². The van der Waals surface area contributed by atoms with Crippen LogP contribution >= 0.6 is 22.9 Å². The van der Waals surface area contributed by atoms with E-state index in [1.54, 1.807) is 5.57 Å². The van der Waals surface area contributed by atoms with E-state index in [4.69, 9.17) is 0 Å². The highest BCUT2D eigenvalue weighted by Gasteiger charge is 2.31. The largest absolute Gasteiger partial charge is 0.315 e. The van der Waals surface area contributed by atoms with Crippen molar-refractivity contribution in [2.75, 3.05) is 6.54 Å². The van der Waals surface area contributed by atoms with E-state index in [1.165, 1.54) is 44.2 Å². The van der Waals surface area contributed by atoms with E-state index in [0.717, 1.165) is 6.54 Å². The Balaban J connectivity index is 2.87. The summed E-state index contributed by atoms with van der Waals surface area (Å²) in [6.45, 7) is 14.5. The number of allylic oxidation sites excluding steroid dienone is 4. The van der Waals surface area contributed by atoms with Crippen molar-refractivity contribution in [3.05, 3.63) is 36.1 Å². The van der Waals surface area contributed by atoms with Gasteiger partial charge in [-0.15, -0.1) is 6.58 Å². The molecule has 1 unspecified atom stereocenters. The van der Waals surface area contributed by atoms with E-state index in [9.17, 15) is 0 Å². The first-order chi connectivity index (χ1) is 9.95. The third-order valence-electron chi connectivity index (χ3n) is 4.88. The molecule has 0 aliphatic heterocycles. The van der Waals surface area contributed by atoms with Crippen molar-refractivity contribution in [1.82, 2.24) is 3.11 Å². The molecule has 0 saturated heterocycles. The van der Waals surface area contributed by atoms with Crippen LogP contribution < -0.4 is 0 Å². The molecule has 0 fully saturated rings. The fourth-order valence-corrected chi connectivity index (χ4v) is 3.69. The summed E-state index contributed by atoms with van der Waals surface area (Å²) in [4.78, 5) is 0. The van der Waals surface area contributed by atoms with Crippen LogP contribution in [0.15, 0.2) is 36.1 Å². The smallest absolute Gasteiger partial charge is 0.0591 e. The normalized spacial score (nSPS) is 17.0. The van der Waals surface area contributed by atoms with Crippen LogP contribution in [0.1, 0.15) is 66.2 Å². The quantitative estimate of drug-likeness (QED) is 0.180. The Morgan fingerprint density at radius 1 is 1.38 bits per heavy atom. The molecule has 21 heavy (non-hydrogen) atoms. The molecule has 0 aromatic rings. The molecular weight excluding hydrogens is 369 g/mol. The Bertz CT molecular complexity index is 392. The highest BCUT2D eigenvalue weighted by molar-refractivity contribution is 14.1. The molecule has 0 saturated carbocycles. The molecule has 0 amide bonds. The maximum Gasteiger partial charge on any atom is 0.0591 e. The molecule has 1 aliphatic carbocycles. The second kappa shape index (κ2) is 9.02. The molecule has 2 heteroatoms. The predicted molar refractivity (Wildman–Crippen MR) is 103 cm³/mol. The van der Waals surface area contributed by atoms with Gasteiger partial charge < -0.3 is 3.11 Å². The predicted octanol–water partition coefficient (Wildman–Crippen LogP) is 6.67. The van der Waals surface area contributed by atoms with Crippen LogP contribution in [-0.2, 0) is 0 Å². The Morgan fingerprint density at radius 2 is 2.10 bits per heavy atom. The van der Waals surface area contributed by atoms with Crippen LogP contribution in [0.3, 0.4) is 0 Å². The lowest BCUT2D eigenvalue weighted by Crippen LogP contribution is -2.28. The summed E-state index contributed by atoms with van der Waals surface area (Å²) < 4.78 is 2.44. The van der Waals surface area contributed by atoms with Gasteiger partial charge in [0.2, 0.25) is 0 Å². The van der Waals surface area contributed by atoms with Gasteiger partial charge >= 0.3 is 0 Å². The Kier molecular flexibility index (Phi) is 8.07. The van der Waals surface area contributed by atoms with Crippen molar-refractivity contribution in [1.29, 1.82) is 0 Å². The fraction of sp³-hybridized carbons (Fsp3) is 0.684. The summed E-state index contributed by atoms with van der Waals surface area (Å²) in [7, 11) is 0. The molecule has 0 bridgehead atoms. The molecule has 1 atom stereocenters. The van der Waals surface area contributed by atoms with E-state index >= 15 is 0 Å². The minimum absolute atomic E-state index is 0.189. The topological polar surface area (TPSA) is 3.24 Å². The first-order valence-electron chi connectivity index (χ1n) is 8.41. The SMILES string of the molecule is C=CC(C)C(C)(C)C1=C(N(I)CCCCCC)C=CCC1. The molecule has 0 spiro atoms. The summed E-state index contributed by atoms with van der Waals surface area (Å²) in [5.41, 5.74) is 3.23. The Labute approximate surface area is 146 Å².